The van der Waals surface area contributed by atoms with Crippen LogP contribution in [0.4, 0.5) is 5.82 Å². The predicted molar refractivity (Wildman–Crippen MR) is 135 cm³/mol. The van der Waals surface area contributed by atoms with E-state index in [2.05, 4.69) is 25.2 Å². The average molecular weight is 527 g/mol. The molecule has 0 atom stereocenters. The number of piperazine rings is 1. The van der Waals surface area contributed by atoms with Crippen molar-refractivity contribution in [1.29, 1.82) is 0 Å². The molecule has 1 saturated heterocycles. The number of aromatic nitrogens is 5. The van der Waals surface area contributed by atoms with Crippen LogP contribution in [0.1, 0.15) is 10.4 Å². The molecule has 0 unspecified atom stereocenters. The second kappa shape index (κ2) is 9.45. The first-order chi connectivity index (χ1) is 17.3. The van der Waals surface area contributed by atoms with E-state index in [1.54, 1.807) is 33.8 Å². The van der Waals surface area contributed by atoms with Crippen molar-refractivity contribution in [3.05, 3.63) is 65.4 Å². The summed E-state index contributed by atoms with van der Waals surface area (Å²) in [5, 5.41) is 9.19. The minimum atomic E-state index is -3.55. The molecule has 0 aliphatic carbocycles. The highest BCUT2D eigenvalue weighted by atomic mass is 35.5. The monoisotopic (exact) mass is 526 g/mol. The van der Waals surface area contributed by atoms with Gasteiger partial charge in [0.2, 0.25) is 10.0 Å². The fraction of sp³-hybridized carbons (Fsp3) is 0.261. The molecule has 1 amide bonds. The summed E-state index contributed by atoms with van der Waals surface area (Å²) in [5.41, 5.74) is 2.38. The van der Waals surface area contributed by atoms with E-state index in [0.717, 1.165) is 9.99 Å². The number of nitrogens with zero attached hydrogens (tertiary/aromatic N) is 8. The van der Waals surface area contributed by atoms with Crippen LogP contribution in [0, 0.1) is 0 Å². The van der Waals surface area contributed by atoms with Crippen molar-refractivity contribution in [2.75, 3.05) is 45.2 Å². The summed E-state index contributed by atoms with van der Waals surface area (Å²) in [4.78, 5) is 25.8. The van der Waals surface area contributed by atoms with E-state index in [1.807, 2.05) is 12.1 Å². The summed E-state index contributed by atoms with van der Waals surface area (Å²) in [6.07, 6.45) is 1.48. The van der Waals surface area contributed by atoms with Crippen LogP contribution in [-0.2, 0) is 10.0 Å². The quantitative estimate of drug-likeness (QED) is 0.388. The molecular formula is C23H23ClN8O3S. The molecule has 0 N–H and O–H groups in total. The van der Waals surface area contributed by atoms with Gasteiger partial charge in [-0.2, -0.15) is 4.68 Å². The molecule has 5 rings (SSSR count). The fourth-order valence-electron chi connectivity index (χ4n) is 4.01. The smallest absolute Gasteiger partial charge is 0.253 e. The van der Waals surface area contributed by atoms with Gasteiger partial charge in [-0.05, 0) is 48.5 Å². The molecule has 2 aromatic carbocycles. The number of carbonyl (C=O) groups excluding carboxylic acids is 1. The first-order valence-electron chi connectivity index (χ1n) is 11.1. The lowest BCUT2D eigenvalue weighted by Crippen LogP contribution is -2.49. The van der Waals surface area contributed by atoms with Gasteiger partial charge >= 0.3 is 0 Å². The Kier molecular flexibility index (Phi) is 6.33. The number of rotatable bonds is 5. The minimum Gasteiger partial charge on any atom is -0.351 e. The molecule has 1 aliphatic heterocycles. The van der Waals surface area contributed by atoms with Crippen LogP contribution in [0.15, 0.2) is 59.8 Å². The average Bonchev–Trinajstić information content (AvgIpc) is 3.33. The van der Waals surface area contributed by atoms with E-state index in [-0.39, 0.29) is 10.8 Å². The second-order valence-electron chi connectivity index (χ2n) is 8.44. The van der Waals surface area contributed by atoms with Crippen molar-refractivity contribution in [2.45, 2.75) is 4.90 Å². The van der Waals surface area contributed by atoms with Gasteiger partial charge in [-0.25, -0.2) is 22.7 Å². The lowest BCUT2D eigenvalue weighted by molar-refractivity contribution is 0.0746. The molecule has 13 heteroatoms. The number of fused-ring (bicyclic) bond motifs is 1. The maximum Gasteiger partial charge on any atom is 0.253 e. The number of halogens is 1. The number of benzene rings is 2. The van der Waals surface area contributed by atoms with E-state index >= 15 is 0 Å². The van der Waals surface area contributed by atoms with Crippen molar-refractivity contribution < 1.29 is 13.2 Å². The van der Waals surface area contributed by atoms with E-state index in [9.17, 15) is 13.2 Å². The Hall–Kier alpha value is -3.61. The SMILES string of the molecule is CN(C)S(=O)(=O)c1ccc(C(=O)N2CCN(c3ncnc4c3nnn4-c3ccc(Cl)cc3)CC2)cc1. The zero-order valence-electron chi connectivity index (χ0n) is 19.6. The third-order valence-electron chi connectivity index (χ3n) is 6.04. The maximum atomic E-state index is 13.0. The molecule has 0 spiro atoms. The Labute approximate surface area is 213 Å². The van der Waals surface area contributed by atoms with Crippen LogP contribution >= 0.6 is 11.6 Å². The van der Waals surface area contributed by atoms with Gasteiger partial charge in [0.25, 0.3) is 5.91 Å². The first kappa shape index (κ1) is 24.1. The van der Waals surface area contributed by atoms with Gasteiger partial charge in [0.15, 0.2) is 17.0 Å². The largest absolute Gasteiger partial charge is 0.351 e. The molecule has 186 valence electrons. The number of carbonyl (C=O) groups is 1. The number of sulfonamides is 1. The third-order valence-corrected chi connectivity index (χ3v) is 8.12. The van der Waals surface area contributed by atoms with Crippen LogP contribution in [0.2, 0.25) is 5.02 Å². The lowest BCUT2D eigenvalue weighted by Gasteiger charge is -2.35. The number of hydrogen-bond donors (Lipinski definition) is 0. The summed E-state index contributed by atoms with van der Waals surface area (Å²) in [6.45, 7) is 2.07. The van der Waals surface area contributed by atoms with Crippen molar-refractivity contribution in [1.82, 2.24) is 34.2 Å². The van der Waals surface area contributed by atoms with Gasteiger partial charge < -0.3 is 9.80 Å². The molecule has 3 heterocycles. The van der Waals surface area contributed by atoms with Crippen molar-refractivity contribution >= 4 is 44.5 Å². The Morgan fingerprint density at radius 2 is 1.61 bits per heavy atom. The molecule has 1 fully saturated rings. The number of amides is 1. The van der Waals surface area contributed by atoms with Gasteiger partial charge in [0, 0.05) is 50.9 Å². The highest BCUT2D eigenvalue weighted by molar-refractivity contribution is 7.89. The Morgan fingerprint density at radius 1 is 0.944 bits per heavy atom. The molecule has 11 nitrogen and oxygen atoms in total. The number of hydrogen-bond acceptors (Lipinski definition) is 8. The Bertz CT molecular complexity index is 1510. The molecule has 0 bridgehead atoms. The van der Waals surface area contributed by atoms with Crippen LogP contribution in [0.5, 0.6) is 0 Å². The molecule has 0 radical (unpaired) electrons. The summed E-state index contributed by atoms with van der Waals surface area (Å²) in [7, 11) is -0.608. The standard InChI is InChI=1S/C23H23ClN8O3S/c1-29(2)36(34,35)19-9-3-16(4-10-19)23(33)31-13-11-30(12-14-31)21-20-22(26-15-25-21)32(28-27-20)18-7-5-17(24)6-8-18/h3-10,15H,11-14H2,1-2H3. The highest BCUT2D eigenvalue weighted by Crippen LogP contribution is 2.24. The highest BCUT2D eigenvalue weighted by Gasteiger charge is 2.26. The van der Waals surface area contributed by atoms with Gasteiger partial charge in [-0.15, -0.1) is 5.10 Å². The zero-order valence-corrected chi connectivity index (χ0v) is 21.2. The van der Waals surface area contributed by atoms with Crippen molar-refractivity contribution in [3.8, 4) is 5.69 Å². The van der Waals surface area contributed by atoms with Gasteiger partial charge in [0.05, 0.1) is 10.6 Å². The van der Waals surface area contributed by atoms with E-state index in [0.29, 0.717) is 53.7 Å². The van der Waals surface area contributed by atoms with Crippen LogP contribution in [0.25, 0.3) is 16.9 Å². The Balaban J connectivity index is 1.30. The van der Waals surface area contributed by atoms with Crippen LogP contribution in [0.3, 0.4) is 0 Å². The predicted octanol–water partition coefficient (Wildman–Crippen LogP) is 2.08. The Morgan fingerprint density at radius 3 is 2.25 bits per heavy atom. The normalized spacial score (nSPS) is 14.6. The summed E-state index contributed by atoms with van der Waals surface area (Å²) in [6, 6.07) is 13.2. The second-order valence-corrected chi connectivity index (χ2v) is 11.0. The van der Waals surface area contributed by atoms with E-state index in [1.165, 1.54) is 32.6 Å². The molecule has 36 heavy (non-hydrogen) atoms. The van der Waals surface area contributed by atoms with Gasteiger partial charge in [-0.3, -0.25) is 4.79 Å². The molecule has 0 saturated carbocycles. The van der Waals surface area contributed by atoms with Gasteiger partial charge in [-0.1, -0.05) is 16.8 Å². The summed E-state index contributed by atoms with van der Waals surface area (Å²) in [5.74, 6) is 0.510. The van der Waals surface area contributed by atoms with Gasteiger partial charge in [0.1, 0.15) is 6.33 Å². The van der Waals surface area contributed by atoms with Crippen LogP contribution in [-0.4, -0.2) is 88.8 Å². The minimum absolute atomic E-state index is 0.147. The first-order valence-corrected chi connectivity index (χ1v) is 13.0. The summed E-state index contributed by atoms with van der Waals surface area (Å²) >= 11 is 6.00. The maximum absolute atomic E-state index is 13.0. The molecule has 4 aromatic rings. The van der Waals surface area contributed by atoms with Crippen molar-refractivity contribution in [2.24, 2.45) is 0 Å². The zero-order chi connectivity index (χ0) is 25.4. The van der Waals surface area contributed by atoms with E-state index < -0.39 is 10.0 Å². The fourth-order valence-corrected chi connectivity index (χ4v) is 5.04. The third kappa shape index (κ3) is 4.38. The molecular weight excluding hydrogens is 504 g/mol. The van der Waals surface area contributed by atoms with E-state index in [4.69, 9.17) is 11.6 Å². The lowest BCUT2D eigenvalue weighted by atomic mass is 10.2. The molecule has 2 aromatic heterocycles. The van der Waals surface area contributed by atoms with Crippen LogP contribution < -0.4 is 4.90 Å². The topological polar surface area (TPSA) is 117 Å². The van der Waals surface area contributed by atoms with Crippen molar-refractivity contribution in [3.63, 3.8) is 0 Å². The summed E-state index contributed by atoms with van der Waals surface area (Å²) < 4.78 is 27.3. The number of anilines is 1. The molecule has 1 aliphatic rings.